The smallest absolute Gasteiger partial charge is 0.0898 e. The van der Waals surface area contributed by atoms with Crippen LogP contribution < -0.4 is 5.32 Å². The van der Waals surface area contributed by atoms with Gasteiger partial charge in [0.15, 0.2) is 0 Å². The number of aryl methyl sites for hydroxylation is 1. The number of benzene rings is 1. The summed E-state index contributed by atoms with van der Waals surface area (Å²) in [6, 6.07) is 8.49. The Morgan fingerprint density at radius 2 is 2.28 bits per heavy atom. The lowest BCUT2D eigenvalue weighted by atomic mass is 10.2. The Kier molecular flexibility index (Phi) is 4.33. The maximum Gasteiger partial charge on any atom is 0.0898 e. The molecule has 2 rings (SSSR count). The molecule has 1 N–H and O–H groups in total. The van der Waals surface area contributed by atoms with Crippen LogP contribution in [-0.4, -0.2) is 12.1 Å². The molecule has 0 saturated carbocycles. The van der Waals surface area contributed by atoms with E-state index >= 15 is 0 Å². The first kappa shape index (κ1) is 13.1. The molecule has 1 atom stereocenters. The van der Waals surface area contributed by atoms with E-state index in [1.54, 1.807) is 18.4 Å². The number of ether oxygens (including phenoxy) is 1. The summed E-state index contributed by atoms with van der Waals surface area (Å²) in [7, 11) is 1.71. The van der Waals surface area contributed by atoms with Crippen LogP contribution in [0.3, 0.4) is 0 Å². The highest BCUT2D eigenvalue weighted by Crippen LogP contribution is 2.21. The summed E-state index contributed by atoms with van der Waals surface area (Å²) in [5.41, 5.74) is 3.36. The van der Waals surface area contributed by atoms with Crippen molar-refractivity contribution in [3.63, 3.8) is 0 Å². The maximum atomic E-state index is 5.14. The van der Waals surface area contributed by atoms with E-state index in [1.807, 2.05) is 13.0 Å². The highest BCUT2D eigenvalue weighted by atomic mass is 32.1. The quantitative estimate of drug-likeness (QED) is 0.890. The van der Waals surface area contributed by atoms with Gasteiger partial charge >= 0.3 is 0 Å². The number of nitrogens with one attached hydrogen (secondary N) is 1. The van der Waals surface area contributed by atoms with E-state index in [4.69, 9.17) is 4.74 Å². The van der Waals surface area contributed by atoms with E-state index in [1.165, 1.54) is 5.56 Å². The van der Waals surface area contributed by atoms with Crippen molar-refractivity contribution in [1.82, 2.24) is 4.98 Å². The van der Waals surface area contributed by atoms with E-state index in [0.717, 1.165) is 16.4 Å². The van der Waals surface area contributed by atoms with Crippen molar-refractivity contribution in [3.8, 4) is 0 Å². The molecule has 1 aromatic heterocycles. The van der Waals surface area contributed by atoms with Crippen LogP contribution in [-0.2, 0) is 11.3 Å². The molecule has 96 valence electrons. The number of nitrogens with zero attached hydrogens (tertiary/aromatic N) is 1. The Balaban J connectivity index is 2.06. The number of hydrogen-bond acceptors (Lipinski definition) is 4. The summed E-state index contributed by atoms with van der Waals surface area (Å²) in [4.78, 5) is 4.50. The van der Waals surface area contributed by atoms with Gasteiger partial charge in [0.25, 0.3) is 0 Å². The Morgan fingerprint density at radius 1 is 1.44 bits per heavy atom. The van der Waals surface area contributed by atoms with Crippen LogP contribution in [0.25, 0.3) is 0 Å². The molecule has 1 aromatic carbocycles. The summed E-state index contributed by atoms with van der Waals surface area (Å²) < 4.78 is 5.14. The standard InChI is InChI=1S/C14H18N2OS/c1-10(14-9-18-11(2)16-14)15-13-6-4-5-12(7-13)8-17-3/h4-7,9-10,15H,8H2,1-3H3. The number of hydrogen-bond donors (Lipinski definition) is 1. The van der Waals surface area contributed by atoms with Crippen molar-refractivity contribution in [1.29, 1.82) is 0 Å². The first-order chi connectivity index (χ1) is 8.69. The minimum absolute atomic E-state index is 0.216. The molecule has 4 heteroatoms. The van der Waals surface area contributed by atoms with Crippen LogP contribution in [0.5, 0.6) is 0 Å². The van der Waals surface area contributed by atoms with Crippen LogP contribution >= 0.6 is 11.3 Å². The summed E-state index contributed by atoms with van der Waals surface area (Å²) in [6.45, 7) is 4.79. The minimum Gasteiger partial charge on any atom is -0.380 e. The first-order valence-electron chi connectivity index (χ1n) is 5.95. The van der Waals surface area contributed by atoms with Crippen molar-refractivity contribution in [2.45, 2.75) is 26.5 Å². The number of rotatable bonds is 5. The van der Waals surface area contributed by atoms with Crippen molar-refractivity contribution >= 4 is 17.0 Å². The van der Waals surface area contributed by atoms with E-state index < -0.39 is 0 Å². The summed E-state index contributed by atoms with van der Waals surface area (Å²) >= 11 is 1.68. The molecule has 0 aliphatic rings. The summed E-state index contributed by atoms with van der Waals surface area (Å²) in [6.07, 6.45) is 0. The predicted molar refractivity (Wildman–Crippen MR) is 76.0 cm³/mol. The SMILES string of the molecule is COCc1cccc(NC(C)c2csc(C)n2)c1. The van der Waals surface area contributed by atoms with Crippen LogP contribution in [0, 0.1) is 6.92 Å². The van der Waals surface area contributed by atoms with Gasteiger partial charge in [0.2, 0.25) is 0 Å². The fourth-order valence-corrected chi connectivity index (χ4v) is 2.53. The third-order valence-electron chi connectivity index (χ3n) is 2.70. The van der Waals surface area contributed by atoms with Gasteiger partial charge in [-0.3, -0.25) is 0 Å². The average Bonchev–Trinajstić information content (AvgIpc) is 2.77. The van der Waals surface area contributed by atoms with Crippen LogP contribution in [0.15, 0.2) is 29.6 Å². The zero-order valence-corrected chi connectivity index (χ0v) is 11.8. The molecule has 0 saturated heterocycles. The van der Waals surface area contributed by atoms with E-state index in [9.17, 15) is 0 Å². The summed E-state index contributed by atoms with van der Waals surface area (Å²) in [5.74, 6) is 0. The normalized spacial score (nSPS) is 12.4. The second-order valence-electron chi connectivity index (χ2n) is 4.29. The van der Waals surface area contributed by atoms with Gasteiger partial charge in [0.1, 0.15) is 0 Å². The molecular weight excluding hydrogens is 244 g/mol. The molecule has 0 aliphatic heterocycles. The zero-order valence-electron chi connectivity index (χ0n) is 10.9. The topological polar surface area (TPSA) is 34.1 Å². The van der Waals surface area contributed by atoms with Crippen LogP contribution in [0.4, 0.5) is 5.69 Å². The Hall–Kier alpha value is -1.39. The third-order valence-corrected chi connectivity index (χ3v) is 3.49. The monoisotopic (exact) mass is 262 g/mol. The van der Waals surface area contributed by atoms with E-state index in [2.05, 4.69) is 40.8 Å². The number of thiazole rings is 1. The second kappa shape index (κ2) is 5.98. The van der Waals surface area contributed by atoms with Crippen molar-refractivity contribution in [2.75, 3.05) is 12.4 Å². The molecule has 0 bridgehead atoms. The van der Waals surface area contributed by atoms with Gasteiger partial charge in [-0.2, -0.15) is 0 Å². The van der Waals surface area contributed by atoms with Gasteiger partial charge in [-0.1, -0.05) is 12.1 Å². The van der Waals surface area contributed by atoms with Crippen LogP contribution in [0.1, 0.15) is 29.2 Å². The number of anilines is 1. The molecule has 2 aromatic rings. The maximum absolute atomic E-state index is 5.14. The fraction of sp³-hybridized carbons (Fsp3) is 0.357. The Bertz CT molecular complexity index is 510. The van der Waals surface area contributed by atoms with E-state index in [0.29, 0.717) is 6.61 Å². The third kappa shape index (κ3) is 3.31. The molecule has 0 radical (unpaired) electrons. The number of aromatic nitrogens is 1. The average molecular weight is 262 g/mol. The molecule has 0 spiro atoms. The zero-order chi connectivity index (χ0) is 13.0. The molecule has 1 heterocycles. The highest BCUT2D eigenvalue weighted by molar-refractivity contribution is 7.09. The highest BCUT2D eigenvalue weighted by Gasteiger charge is 2.08. The Labute approximate surface area is 112 Å². The van der Waals surface area contributed by atoms with Gasteiger partial charge < -0.3 is 10.1 Å². The van der Waals surface area contributed by atoms with Gasteiger partial charge in [0.05, 0.1) is 23.4 Å². The Morgan fingerprint density at radius 3 is 2.94 bits per heavy atom. The second-order valence-corrected chi connectivity index (χ2v) is 5.35. The molecule has 3 nitrogen and oxygen atoms in total. The first-order valence-corrected chi connectivity index (χ1v) is 6.83. The summed E-state index contributed by atoms with van der Waals surface area (Å²) in [5, 5.41) is 6.67. The van der Waals surface area contributed by atoms with Gasteiger partial charge in [-0.05, 0) is 31.5 Å². The largest absolute Gasteiger partial charge is 0.380 e. The number of methoxy groups -OCH3 is 1. The lowest BCUT2D eigenvalue weighted by molar-refractivity contribution is 0.185. The molecule has 0 aliphatic carbocycles. The van der Waals surface area contributed by atoms with Gasteiger partial charge in [-0.25, -0.2) is 4.98 Å². The predicted octanol–water partition coefficient (Wildman–Crippen LogP) is 3.77. The molecular formula is C14H18N2OS. The lowest BCUT2D eigenvalue weighted by Gasteiger charge is -2.14. The lowest BCUT2D eigenvalue weighted by Crippen LogP contribution is -2.07. The molecule has 0 fully saturated rings. The molecule has 0 amide bonds. The fourth-order valence-electron chi connectivity index (χ4n) is 1.82. The van der Waals surface area contributed by atoms with Crippen molar-refractivity contribution in [3.05, 3.63) is 45.9 Å². The minimum atomic E-state index is 0.216. The van der Waals surface area contributed by atoms with Crippen LogP contribution in [0.2, 0.25) is 0 Å². The molecule has 1 unspecified atom stereocenters. The van der Waals surface area contributed by atoms with E-state index in [-0.39, 0.29) is 6.04 Å². The van der Waals surface area contributed by atoms with Crippen molar-refractivity contribution < 1.29 is 4.74 Å². The molecule has 18 heavy (non-hydrogen) atoms. The van der Waals surface area contributed by atoms with Crippen molar-refractivity contribution in [2.24, 2.45) is 0 Å². The van der Waals surface area contributed by atoms with Gasteiger partial charge in [-0.15, -0.1) is 11.3 Å². The van der Waals surface area contributed by atoms with Gasteiger partial charge in [0, 0.05) is 18.2 Å².